The Morgan fingerprint density at radius 1 is 1.25 bits per heavy atom. The van der Waals surface area contributed by atoms with Crippen molar-refractivity contribution in [2.45, 2.75) is 32.7 Å². The van der Waals surface area contributed by atoms with Crippen molar-refractivity contribution in [3.05, 3.63) is 29.8 Å². The van der Waals surface area contributed by atoms with Gasteiger partial charge in [0.2, 0.25) is 0 Å². The van der Waals surface area contributed by atoms with Crippen LogP contribution in [0.25, 0.3) is 0 Å². The molecule has 0 atom stereocenters. The fraction of sp³-hybridized carbons (Fsp3) is 0.533. The normalized spacial score (nSPS) is 11.2. The highest BCUT2D eigenvalue weighted by atomic mass is 127. The molecule has 0 fully saturated rings. The highest BCUT2D eigenvalue weighted by Crippen LogP contribution is 2.13. The molecule has 5 heteroatoms. The van der Waals surface area contributed by atoms with Crippen LogP contribution in [0, 0.1) is 0 Å². The molecule has 0 saturated heterocycles. The van der Waals surface area contributed by atoms with Crippen LogP contribution in [0.2, 0.25) is 0 Å². The molecule has 20 heavy (non-hydrogen) atoms. The maximum Gasteiger partial charge on any atom is 0.188 e. The number of anilines is 1. The second kappa shape index (κ2) is 9.85. The standard InChI is InChI=1S/C15H26N4.HI/c1-12(2)18-15(16)17-11-5-6-13-7-9-14(10-8-13)19(3)4;/h7-10,12H,5-6,11H2,1-4H3,(H3,16,17,18);1H. The first-order valence-electron chi connectivity index (χ1n) is 6.81. The molecule has 1 aromatic carbocycles. The number of nitrogens with one attached hydrogen (secondary N) is 1. The molecule has 0 amide bonds. The Balaban J connectivity index is 0.00000361. The number of halogens is 1. The number of aryl methyl sites for hydroxylation is 1. The minimum atomic E-state index is 0. The molecule has 0 heterocycles. The van der Waals surface area contributed by atoms with Crippen LogP contribution in [0.1, 0.15) is 25.8 Å². The van der Waals surface area contributed by atoms with Crippen LogP contribution in [0.3, 0.4) is 0 Å². The van der Waals surface area contributed by atoms with E-state index in [1.165, 1.54) is 11.3 Å². The van der Waals surface area contributed by atoms with Crippen molar-refractivity contribution in [1.82, 2.24) is 5.32 Å². The summed E-state index contributed by atoms with van der Waals surface area (Å²) in [5.74, 6) is 0.540. The largest absolute Gasteiger partial charge is 0.378 e. The Hall–Kier alpha value is -0.980. The third kappa shape index (κ3) is 7.57. The summed E-state index contributed by atoms with van der Waals surface area (Å²) >= 11 is 0. The van der Waals surface area contributed by atoms with E-state index in [9.17, 15) is 0 Å². The summed E-state index contributed by atoms with van der Waals surface area (Å²) in [6.45, 7) is 4.87. The van der Waals surface area contributed by atoms with Crippen LogP contribution in [0.4, 0.5) is 5.69 Å². The van der Waals surface area contributed by atoms with E-state index in [2.05, 4.69) is 53.3 Å². The molecular formula is C15H27IN4. The van der Waals surface area contributed by atoms with Crippen LogP contribution in [-0.4, -0.2) is 32.6 Å². The number of hydrogen-bond acceptors (Lipinski definition) is 2. The highest BCUT2D eigenvalue weighted by Gasteiger charge is 1.97. The van der Waals surface area contributed by atoms with Gasteiger partial charge >= 0.3 is 0 Å². The van der Waals surface area contributed by atoms with Gasteiger partial charge in [0.05, 0.1) is 0 Å². The van der Waals surface area contributed by atoms with Crippen LogP contribution in [0.15, 0.2) is 29.3 Å². The van der Waals surface area contributed by atoms with Crippen molar-refractivity contribution < 1.29 is 0 Å². The minimum Gasteiger partial charge on any atom is -0.378 e. The number of nitrogens with two attached hydrogens (primary N) is 1. The lowest BCUT2D eigenvalue weighted by Gasteiger charge is -2.12. The van der Waals surface area contributed by atoms with E-state index >= 15 is 0 Å². The number of guanidine groups is 1. The molecule has 1 aromatic rings. The van der Waals surface area contributed by atoms with E-state index < -0.39 is 0 Å². The summed E-state index contributed by atoms with van der Waals surface area (Å²) in [4.78, 5) is 6.40. The van der Waals surface area contributed by atoms with E-state index in [4.69, 9.17) is 5.73 Å². The second-order valence-electron chi connectivity index (χ2n) is 5.23. The molecule has 0 aliphatic rings. The smallest absolute Gasteiger partial charge is 0.188 e. The monoisotopic (exact) mass is 390 g/mol. The highest BCUT2D eigenvalue weighted by molar-refractivity contribution is 14.0. The van der Waals surface area contributed by atoms with Crippen molar-refractivity contribution in [1.29, 1.82) is 0 Å². The lowest BCUT2D eigenvalue weighted by molar-refractivity contribution is 0.719. The van der Waals surface area contributed by atoms with Crippen LogP contribution in [-0.2, 0) is 6.42 Å². The van der Waals surface area contributed by atoms with Gasteiger partial charge in [-0.2, -0.15) is 0 Å². The predicted molar refractivity (Wildman–Crippen MR) is 99.3 cm³/mol. The molecule has 114 valence electrons. The summed E-state index contributed by atoms with van der Waals surface area (Å²) in [5.41, 5.74) is 8.31. The van der Waals surface area contributed by atoms with Gasteiger partial charge in [0.15, 0.2) is 5.96 Å². The number of benzene rings is 1. The fourth-order valence-electron chi connectivity index (χ4n) is 1.78. The third-order valence-electron chi connectivity index (χ3n) is 2.80. The van der Waals surface area contributed by atoms with Crippen LogP contribution >= 0.6 is 24.0 Å². The predicted octanol–water partition coefficient (Wildman–Crippen LogP) is 2.62. The zero-order valence-corrected chi connectivity index (χ0v) is 15.2. The van der Waals surface area contributed by atoms with Gasteiger partial charge in [0.25, 0.3) is 0 Å². The van der Waals surface area contributed by atoms with Gasteiger partial charge < -0.3 is 16.0 Å². The molecule has 0 aromatic heterocycles. The zero-order valence-electron chi connectivity index (χ0n) is 12.9. The molecule has 0 bridgehead atoms. The molecule has 0 radical (unpaired) electrons. The summed E-state index contributed by atoms with van der Waals surface area (Å²) in [7, 11) is 4.10. The van der Waals surface area contributed by atoms with Gasteiger partial charge in [-0.15, -0.1) is 24.0 Å². The van der Waals surface area contributed by atoms with Crippen molar-refractivity contribution >= 4 is 35.6 Å². The Morgan fingerprint density at radius 3 is 2.35 bits per heavy atom. The number of aliphatic imine (C=N–C) groups is 1. The first-order chi connectivity index (χ1) is 8.99. The molecule has 0 aliphatic carbocycles. The van der Waals surface area contributed by atoms with Gasteiger partial charge in [-0.1, -0.05) is 12.1 Å². The molecular weight excluding hydrogens is 363 g/mol. The van der Waals surface area contributed by atoms with E-state index in [0.29, 0.717) is 12.0 Å². The topological polar surface area (TPSA) is 53.6 Å². The van der Waals surface area contributed by atoms with Gasteiger partial charge in [0.1, 0.15) is 0 Å². The van der Waals surface area contributed by atoms with Gasteiger partial charge in [0, 0.05) is 32.4 Å². The van der Waals surface area contributed by atoms with E-state index in [1.54, 1.807) is 0 Å². The summed E-state index contributed by atoms with van der Waals surface area (Å²) in [6.07, 6.45) is 2.05. The Bertz CT molecular complexity index is 399. The van der Waals surface area contributed by atoms with Crippen LogP contribution in [0.5, 0.6) is 0 Å². The lowest BCUT2D eigenvalue weighted by Crippen LogP contribution is -2.36. The van der Waals surface area contributed by atoms with E-state index in [1.807, 2.05) is 14.1 Å². The summed E-state index contributed by atoms with van der Waals surface area (Å²) < 4.78 is 0. The Kier molecular flexibility index (Phi) is 9.37. The number of nitrogens with zero attached hydrogens (tertiary/aromatic N) is 2. The number of rotatable bonds is 6. The molecule has 0 aliphatic heterocycles. The first-order valence-corrected chi connectivity index (χ1v) is 6.81. The molecule has 0 spiro atoms. The van der Waals surface area contributed by atoms with Crippen LogP contribution < -0.4 is 16.0 Å². The summed E-state index contributed by atoms with van der Waals surface area (Å²) in [5, 5.41) is 3.08. The van der Waals surface area contributed by atoms with Crippen molar-refractivity contribution in [2.24, 2.45) is 10.7 Å². The SMILES string of the molecule is CC(C)NC(N)=NCCCc1ccc(N(C)C)cc1.I. The maximum absolute atomic E-state index is 5.74. The molecule has 4 nitrogen and oxygen atoms in total. The summed E-state index contributed by atoms with van der Waals surface area (Å²) in [6, 6.07) is 8.98. The molecule has 0 unspecified atom stereocenters. The second-order valence-corrected chi connectivity index (χ2v) is 5.23. The average Bonchev–Trinajstić information content (AvgIpc) is 2.34. The first kappa shape index (κ1) is 19.0. The van der Waals surface area contributed by atoms with Crippen molar-refractivity contribution in [2.75, 3.05) is 25.5 Å². The van der Waals surface area contributed by atoms with Gasteiger partial charge in [-0.25, -0.2) is 0 Å². The van der Waals surface area contributed by atoms with Gasteiger partial charge in [-0.3, -0.25) is 4.99 Å². The quantitative estimate of drug-likeness (QED) is 0.340. The maximum atomic E-state index is 5.74. The average molecular weight is 390 g/mol. The molecule has 0 saturated carbocycles. The Labute approximate surface area is 139 Å². The zero-order chi connectivity index (χ0) is 14.3. The van der Waals surface area contributed by atoms with Crippen molar-refractivity contribution in [3.63, 3.8) is 0 Å². The minimum absolute atomic E-state index is 0. The molecule has 3 N–H and O–H groups in total. The van der Waals surface area contributed by atoms with E-state index in [-0.39, 0.29) is 24.0 Å². The van der Waals surface area contributed by atoms with E-state index in [0.717, 1.165) is 19.4 Å². The third-order valence-corrected chi connectivity index (χ3v) is 2.80. The fourth-order valence-corrected chi connectivity index (χ4v) is 1.78. The van der Waals surface area contributed by atoms with Gasteiger partial charge in [-0.05, 0) is 44.4 Å². The number of hydrogen-bond donors (Lipinski definition) is 2. The molecule has 1 rings (SSSR count). The van der Waals surface area contributed by atoms with Crippen molar-refractivity contribution in [3.8, 4) is 0 Å². The Morgan fingerprint density at radius 2 is 1.85 bits per heavy atom. The lowest BCUT2D eigenvalue weighted by atomic mass is 10.1.